The minimum Gasteiger partial charge on any atom is -0.317 e. The van der Waals surface area contributed by atoms with Gasteiger partial charge in [-0.15, -0.1) is 0 Å². The largest absolute Gasteiger partial charge is 0.317 e. The molecular weight excluding hydrogens is 484 g/mol. The lowest BCUT2D eigenvalue weighted by Crippen LogP contribution is -2.30. The van der Waals surface area contributed by atoms with E-state index < -0.39 is 0 Å². The van der Waals surface area contributed by atoms with Gasteiger partial charge in [-0.1, -0.05) is 147 Å². The van der Waals surface area contributed by atoms with Crippen LogP contribution in [0.2, 0.25) is 0 Å². The Bertz CT molecular complexity index is 512. The molecule has 0 aromatic heterocycles. The van der Waals surface area contributed by atoms with Gasteiger partial charge in [0.15, 0.2) is 0 Å². The molecule has 0 fully saturated rings. The van der Waals surface area contributed by atoms with Crippen molar-refractivity contribution in [3.63, 3.8) is 0 Å². The van der Waals surface area contributed by atoms with Crippen molar-refractivity contribution in [2.75, 3.05) is 20.1 Å². The van der Waals surface area contributed by atoms with Crippen molar-refractivity contribution in [3.8, 4) is 0 Å². The number of nitrogens with one attached hydrogen (secondary N) is 2. The molecule has 2 nitrogen and oxygen atoms in total. The summed E-state index contributed by atoms with van der Waals surface area (Å²) in [6.07, 6.45) is 45.7. The molecule has 0 rings (SSSR count). The molecule has 40 heavy (non-hydrogen) atoms. The second-order valence-electron chi connectivity index (χ2n) is 12.6. The molecule has 2 heteroatoms. The summed E-state index contributed by atoms with van der Waals surface area (Å²) in [5.74, 6) is 0.865. The van der Waals surface area contributed by atoms with Crippen molar-refractivity contribution in [1.82, 2.24) is 10.6 Å². The highest BCUT2D eigenvalue weighted by Gasteiger charge is 2.14. The van der Waals surface area contributed by atoms with Gasteiger partial charge in [-0.2, -0.15) is 0 Å². The van der Waals surface area contributed by atoms with Crippen molar-refractivity contribution in [3.05, 3.63) is 24.3 Å². The lowest BCUT2D eigenvalue weighted by molar-refractivity contribution is 0.324. The van der Waals surface area contributed by atoms with E-state index in [1.807, 2.05) is 0 Å². The van der Waals surface area contributed by atoms with Crippen molar-refractivity contribution < 1.29 is 0 Å². The van der Waals surface area contributed by atoms with Crippen LogP contribution in [0.1, 0.15) is 188 Å². The summed E-state index contributed by atoms with van der Waals surface area (Å²) in [5, 5.41) is 7.12. The monoisotopic (exact) mass is 561 g/mol. The fourth-order valence-corrected chi connectivity index (χ4v) is 5.80. The number of unbranched alkanes of at least 4 members (excludes halogenated alkanes) is 20. The Morgan fingerprint density at radius 3 is 1.40 bits per heavy atom. The Hall–Kier alpha value is -0.600. The van der Waals surface area contributed by atoms with Crippen LogP contribution in [0.5, 0.6) is 0 Å². The van der Waals surface area contributed by atoms with Crippen molar-refractivity contribution in [2.45, 2.75) is 194 Å². The van der Waals surface area contributed by atoms with Gasteiger partial charge in [0.05, 0.1) is 0 Å². The Morgan fingerprint density at radius 1 is 0.475 bits per heavy atom. The molecule has 0 radical (unpaired) electrons. The van der Waals surface area contributed by atoms with E-state index in [4.69, 9.17) is 0 Å². The summed E-state index contributed by atoms with van der Waals surface area (Å²) in [6, 6.07) is 0.664. The van der Waals surface area contributed by atoms with Gasteiger partial charge in [0.1, 0.15) is 0 Å². The highest BCUT2D eigenvalue weighted by atomic mass is 14.9. The van der Waals surface area contributed by atoms with Crippen molar-refractivity contribution in [1.29, 1.82) is 0 Å². The van der Waals surface area contributed by atoms with E-state index in [2.05, 4.69) is 62.8 Å². The summed E-state index contributed by atoms with van der Waals surface area (Å²) in [5.41, 5.74) is 0. The predicted molar refractivity (Wildman–Crippen MR) is 185 cm³/mol. The second-order valence-corrected chi connectivity index (χ2v) is 12.6. The van der Waals surface area contributed by atoms with E-state index in [0.29, 0.717) is 6.04 Å². The molecule has 0 aliphatic carbocycles. The molecule has 0 bridgehead atoms. The molecule has 0 aromatic carbocycles. The molecule has 0 amide bonds. The molecule has 2 atom stereocenters. The molecule has 0 aliphatic rings. The quantitative estimate of drug-likeness (QED) is 0.0616. The first kappa shape index (κ1) is 39.4. The average molecular weight is 561 g/mol. The Labute approximate surface area is 254 Å². The first-order valence-electron chi connectivity index (χ1n) is 18.4. The topological polar surface area (TPSA) is 24.1 Å². The minimum atomic E-state index is 0.664. The summed E-state index contributed by atoms with van der Waals surface area (Å²) in [7, 11) is 2.15. The molecule has 0 aliphatic heterocycles. The fraction of sp³-hybridized carbons (Fsp3) is 0.895. The van der Waals surface area contributed by atoms with E-state index in [9.17, 15) is 0 Å². The Balaban J connectivity index is 3.56. The predicted octanol–water partition coefficient (Wildman–Crippen LogP) is 12.1. The number of rotatable bonds is 33. The molecule has 0 aromatic rings. The van der Waals surface area contributed by atoms with Crippen LogP contribution in [0.3, 0.4) is 0 Å². The highest BCUT2D eigenvalue weighted by molar-refractivity contribution is 4.83. The molecule has 2 unspecified atom stereocenters. The zero-order chi connectivity index (χ0) is 29.2. The molecular formula is C38H76N2. The maximum absolute atomic E-state index is 3.57. The van der Waals surface area contributed by atoms with Gasteiger partial charge in [0, 0.05) is 12.6 Å². The third-order valence-corrected chi connectivity index (χ3v) is 8.83. The molecule has 0 spiro atoms. The normalized spacial score (nSPS) is 13.6. The molecule has 2 N–H and O–H groups in total. The lowest BCUT2D eigenvalue weighted by Gasteiger charge is -2.23. The molecule has 0 saturated heterocycles. The Morgan fingerprint density at radius 2 is 0.875 bits per heavy atom. The number of allylic oxidation sites excluding steroid dienone is 3. The van der Waals surface area contributed by atoms with Gasteiger partial charge in [-0.25, -0.2) is 0 Å². The van der Waals surface area contributed by atoms with Crippen LogP contribution >= 0.6 is 0 Å². The van der Waals surface area contributed by atoms with Crippen LogP contribution in [-0.2, 0) is 0 Å². The van der Waals surface area contributed by atoms with Gasteiger partial charge in [-0.05, 0) is 84.2 Å². The Kier molecular flexibility index (Phi) is 34.1. The third kappa shape index (κ3) is 30.4. The van der Waals surface area contributed by atoms with Gasteiger partial charge in [-0.3, -0.25) is 0 Å². The first-order chi connectivity index (χ1) is 19.8. The number of hydrogen-bond acceptors (Lipinski definition) is 2. The van der Waals surface area contributed by atoms with E-state index in [1.54, 1.807) is 0 Å². The van der Waals surface area contributed by atoms with Crippen LogP contribution in [0.25, 0.3) is 0 Å². The maximum Gasteiger partial charge on any atom is 0.0134 e. The summed E-state index contributed by atoms with van der Waals surface area (Å²) in [4.78, 5) is 0. The van der Waals surface area contributed by atoms with Crippen LogP contribution in [0.15, 0.2) is 24.3 Å². The van der Waals surface area contributed by atoms with Crippen LogP contribution in [0, 0.1) is 5.92 Å². The standard InChI is InChI=1S/C38H76N2/c1-5-7-9-11-13-14-15-16-17-18-19-20-22-25-29-33-38(37(3)39-4)34-30-26-23-21-24-28-32-36-40-35-31-27-12-10-8-6-2/h15-16,27,31,37-40H,5-14,17-26,28-30,32-36H2,1-4H3/b16-15-,31-27-. The van der Waals surface area contributed by atoms with Crippen LogP contribution < -0.4 is 10.6 Å². The van der Waals surface area contributed by atoms with Gasteiger partial charge in [0.2, 0.25) is 0 Å². The van der Waals surface area contributed by atoms with E-state index in [1.165, 1.54) is 173 Å². The van der Waals surface area contributed by atoms with Crippen LogP contribution in [0.4, 0.5) is 0 Å². The van der Waals surface area contributed by atoms with E-state index in [-0.39, 0.29) is 0 Å². The average Bonchev–Trinajstić information content (AvgIpc) is 2.97. The minimum absolute atomic E-state index is 0.664. The van der Waals surface area contributed by atoms with Gasteiger partial charge >= 0.3 is 0 Å². The summed E-state index contributed by atoms with van der Waals surface area (Å²) in [6.45, 7) is 9.20. The molecule has 0 saturated carbocycles. The van der Waals surface area contributed by atoms with E-state index >= 15 is 0 Å². The zero-order valence-electron chi connectivity index (χ0n) is 28.3. The fourth-order valence-electron chi connectivity index (χ4n) is 5.80. The smallest absolute Gasteiger partial charge is 0.0134 e. The molecule has 238 valence electrons. The maximum atomic E-state index is 3.57. The first-order valence-corrected chi connectivity index (χ1v) is 18.4. The van der Waals surface area contributed by atoms with Crippen molar-refractivity contribution >= 4 is 0 Å². The third-order valence-electron chi connectivity index (χ3n) is 8.83. The zero-order valence-corrected chi connectivity index (χ0v) is 28.3. The van der Waals surface area contributed by atoms with Gasteiger partial charge in [0.25, 0.3) is 0 Å². The van der Waals surface area contributed by atoms with Gasteiger partial charge < -0.3 is 10.6 Å². The summed E-state index contributed by atoms with van der Waals surface area (Å²) < 4.78 is 0. The lowest BCUT2D eigenvalue weighted by atomic mass is 9.89. The highest BCUT2D eigenvalue weighted by Crippen LogP contribution is 2.22. The number of hydrogen-bond donors (Lipinski definition) is 2. The van der Waals surface area contributed by atoms with Crippen molar-refractivity contribution in [2.24, 2.45) is 5.92 Å². The van der Waals surface area contributed by atoms with Crippen LogP contribution in [-0.4, -0.2) is 26.2 Å². The SMILES string of the molecule is CCCCC/C=C\CNCCCCCCCCCC(CCCCCCCC/C=C\CCCCCCC)C(C)NC. The van der Waals surface area contributed by atoms with E-state index in [0.717, 1.165) is 12.5 Å². The summed E-state index contributed by atoms with van der Waals surface area (Å²) >= 11 is 0. The molecule has 0 heterocycles. The second kappa shape index (κ2) is 34.6.